The Bertz CT molecular complexity index is 890. The van der Waals surface area contributed by atoms with Crippen molar-refractivity contribution in [2.75, 3.05) is 7.11 Å². The first kappa shape index (κ1) is 19.1. The smallest absolute Gasteiger partial charge is 0.309 e. The first-order valence-electron chi connectivity index (χ1n) is 11.8. The Labute approximate surface area is 177 Å². The van der Waals surface area contributed by atoms with E-state index >= 15 is 0 Å². The Balaban J connectivity index is 1.46. The minimum atomic E-state index is -0.315. The van der Waals surface area contributed by atoms with Crippen LogP contribution in [0, 0.1) is 46.3 Å². The van der Waals surface area contributed by atoms with Gasteiger partial charge >= 0.3 is 11.9 Å². The van der Waals surface area contributed by atoms with Crippen molar-refractivity contribution in [3.05, 3.63) is 11.6 Å². The first-order chi connectivity index (χ1) is 14.2. The van der Waals surface area contributed by atoms with Gasteiger partial charge < -0.3 is 9.47 Å². The van der Waals surface area contributed by atoms with Crippen LogP contribution in [0.2, 0.25) is 0 Å². The van der Waals surface area contributed by atoms with Gasteiger partial charge in [-0.05, 0) is 73.7 Å². The Kier molecular flexibility index (Phi) is 3.67. The molecular weight excluding hydrogens is 380 g/mol. The molecule has 0 N–H and O–H groups in total. The number of allylic oxidation sites excluding steroid dienone is 1. The summed E-state index contributed by atoms with van der Waals surface area (Å²) < 4.78 is 11.5. The summed E-state index contributed by atoms with van der Waals surface area (Å²) in [5, 5.41) is 0. The van der Waals surface area contributed by atoms with Crippen molar-refractivity contribution in [1.82, 2.24) is 0 Å². The van der Waals surface area contributed by atoms with E-state index in [9.17, 15) is 14.4 Å². The Morgan fingerprint density at radius 3 is 2.63 bits per heavy atom. The summed E-state index contributed by atoms with van der Waals surface area (Å²) in [5.74, 6) is 1.90. The Hall–Kier alpha value is -1.65. The van der Waals surface area contributed by atoms with E-state index in [4.69, 9.17) is 9.47 Å². The van der Waals surface area contributed by atoms with Gasteiger partial charge in [0.25, 0.3) is 0 Å². The highest BCUT2D eigenvalue weighted by molar-refractivity contribution is 5.92. The molecule has 30 heavy (non-hydrogen) atoms. The van der Waals surface area contributed by atoms with Gasteiger partial charge in [-0.25, -0.2) is 0 Å². The van der Waals surface area contributed by atoms with E-state index in [1.807, 2.05) is 6.08 Å². The zero-order chi connectivity index (χ0) is 21.1. The van der Waals surface area contributed by atoms with E-state index in [0.717, 1.165) is 32.1 Å². The maximum absolute atomic E-state index is 13.0. The molecule has 5 aliphatic carbocycles. The highest BCUT2D eigenvalue weighted by Gasteiger charge is 2.80. The summed E-state index contributed by atoms with van der Waals surface area (Å²) in [6.45, 7) is 4.69. The average Bonchev–Trinajstić information content (AvgIpc) is 3.36. The third kappa shape index (κ3) is 2.07. The molecule has 3 unspecified atom stereocenters. The van der Waals surface area contributed by atoms with Gasteiger partial charge in [0.05, 0.1) is 13.0 Å². The number of ketones is 1. The normalized spacial score (nSPS) is 53.2. The predicted octanol–water partition coefficient (Wildman–Crippen LogP) is 3.85. The lowest BCUT2D eigenvalue weighted by molar-refractivity contribution is -0.185. The van der Waals surface area contributed by atoms with Crippen LogP contribution in [0.1, 0.15) is 65.2 Å². The van der Waals surface area contributed by atoms with Crippen molar-refractivity contribution in [2.24, 2.45) is 46.3 Å². The molecule has 6 aliphatic rings. The second-order valence-corrected chi connectivity index (χ2v) is 11.4. The van der Waals surface area contributed by atoms with Crippen LogP contribution in [-0.2, 0) is 23.9 Å². The fourth-order valence-electron chi connectivity index (χ4n) is 9.30. The number of hydrogen-bond acceptors (Lipinski definition) is 5. The molecule has 0 amide bonds. The summed E-state index contributed by atoms with van der Waals surface area (Å²) >= 11 is 0. The number of carbonyl (C=O) groups excluding carboxylic acids is 3. The van der Waals surface area contributed by atoms with Crippen molar-refractivity contribution in [3.63, 3.8) is 0 Å². The third-order valence-corrected chi connectivity index (χ3v) is 10.6. The van der Waals surface area contributed by atoms with Crippen LogP contribution >= 0.6 is 0 Å². The number of carbonyl (C=O) groups is 3. The van der Waals surface area contributed by atoms with Crippen molar-refractivity contribution < 1.29 is 23.9 Å². The van der Waals surface area contributed by atoms with Crippen molar-refractivity contribution in [2.45, 2.75) is 70.8 Å². The molecule has 5 heteroatoms. The molecular formula is C25H32O5. The van der Waals surface area contributed by atoms with Crippen LogP contribution in [0.15, 0.2) is 11.6 Å². The molecule has 5 fully saturated rings. The molecule has 162 valence electrons. The summed E-state index contributed by atoms with van der Waals surface area (Å²) in [6, 6.07) is 0. The van der Waals surface area contributed by atoms with E-state index in [2.05, 4.69) is 13.8 Å². The molecule has 1 aliphatic heterocycles. The summed E-state index contributed by atoms with van der Waals surface area (Å²) in [7, 11) is 1.49. The lowest BCUT2D eigenvalue weighted by Gasteiger charge is -2.61. The van der Waals surface area contributed by atoms with Crippen LogP contribution in [0.3, 0.4) is 0 Å². The zero-order valence-corrected chi connectivity index (χ0v) is 18.2. The third-order valence-electron chi connectivity index (χ3n) is 10.6. The second kappa shape index (κ2) is 5.77. The summed E-state index contributed by atoms with van der Waals surface area (Å²) in [5.41, 5.74) is 0.801. The van der Waals surface area contributed by atoms with Crippen molar-refractivity contribution in [3.8, 4) is 0 Å². The topological polar surface area (TPSA) is 69.7 Å². The fourth-order valence-corrected chi connectivity index (χ4v) is 9.30. The molecule has 0 radical (unpaired) electrons. The molecule has 5 nitrogen and oxygen atoms in total. The zero-order valence-electron chi connectivity index (χ0n) is 18.2. The molecule has 1 heterocycles. The molecule has 4 saturated carbocycles. The number of hydrogen-bond donors (Lipinski definition) is 0. The maximum Gasteiger partial charge on any atom is 0.309 e. The van der Waals surface area contributed by atoms with E-state index in [0.29, 0.717) is 42.9 Å². The van der Waals surface area contributed by atoms with Crippen LogP contribution < -0.4 is 0 Å². The van der Waals surface area contributed by atoms with Crippen LogP contribution in [0.5, 0.6) is 0 Å². The fraction of sp³-hybridized carbons (Fsp3) is 0.800. The minimum absolute atomic E-state index is 0.00305. The van der Waals surface area contributed by atoms with E-state index in [-0.39, 0.29) is 46.0 Å². The van der Waals surface area contributed by atoms with Gasteiger partial charge in [0.2, 0.25) is 0 Å². The van der Waals surface area contributed by atoms with Crippen molar-refractivity contribution >= 4 is 17.7 Å². The quantitative estimate of drug-likeness (QED) is 0.612. The number of ether oxygens (including phenoxy) is 2. The highest BCUT2D eigenvalue weighted by Crippen LogP contribution is 2.79. The molecule has 0 aromatic rings. The molecule has 1 saturated heterocycles. The predicted molar refractivity (Wildman–Crippen MR) is 108 cm³/mol. The highest BCUT2D eigenvalue weighted by atomic mass is 16.6. The van der Waals surface area contributed by atoms with Crippen molar-refractivity contribution in [1.29, 1.82) is 0 Å². The molecule has 1 spiro atoms. The minimum Gasteiger partial charge on any atom is -0.469 e. The summed E-state index contributed by atoms with van der Waals surface area (Å²) in [6.07, 6.45) is 8.58. The van der Waals surface area contributed by atoms with Crippen LogP contribution in [0.25, 0.3) is 0 Å². The van der Waals surface area contributed by atoms with Gasteiger partial charge in [0.15, 0.2) is 5.78 Å². The summed E-state index contributed by atoms with van der Waals surface area (Å²) in [4.78, 5) is 37.5. The molecule has 0 aromatic carbocycles. The number of methoxy groups -OCH3 is 1. The van der Waals surface area contributed by atoms with Gasteiger partial charge in [-0.15, -0.1) is 0 Å². The van der Waals surface area contributed by atoms with Gasteiger partial charge in [-0.3, -0.25) is 14.4 Å². The monoisotopic (exact) mass is 412 g/mol. The van der Waals surface area contributed by atoms with Gasteiger partial charge in [-0.1, -0.05) is 19.4 Å². The number of esters is 2. The largest absolute Gasteiger partial charge is 0.469 e. The Morgan fingerprint density at radius 1 is 1.13 bits per heavy atom. The molecule has 0 bridgehead atoms. The standard InChI is InChI=1S/C25H32O5/c1-23-7-4-14(26)10-13(23)11-16(22(28)29-3)20-17(23)5-8-24(2)21(20)15-12-18(15)25(24)9-6-19(27)30-25/h10,15-18,20-21H,4-9,11-12H2,1-3H3/t15-,16+,17?,18+,20?,21?,23-,24-,25-/m0/s1. The average molecular weight is 413 g/mol. The molecule has 6 rings (SSSR count). The first-order valence-corrected chi connectivity index (χ1v) is 11.8. The van der Waals surface area contributed by atoms with Crippen LogP contribution in [0.4, 0.5) is 0 Å². The second-order valence-electron chi connectivity index (χ2n) is 11.4. The Morgan fingerprint density at radius 2 is 1.93 bits per heavy atom. The molecule has 9 atom stereocenters. The lowest BCUT2D eigenvalue weighted by atomic mass is 9.43. The van der Waals surface area contributed by atoms with Gasteiger partial charge in [0, 0.05) is 24.2 Å². The van der Waals surface area contributed by atoms with E-state index in [1.165, 1.54) is 12.7 Å². The maximum atomic E-state index is 13.0. The lowest BCUT2D eigenvalue weighted by Crippen LogP contribution is -2.59. The van der Waals surface area contributed by atoms with Crippen LogP contribution in [-0.4, -0.2) is 30.4 Å². The number of fused-ring (bicyclic) bond motifs is 9. The molecule has 0 aromatic heterocycles. The van der Waals surface area contributed by atoms with Gasteiger partial charge in [0.1, 0.15) is 5.60 Å². The van der Waals surface area contributed by atoms with E-state index in [1.54, 1.807) is 0 Å². The number of rotatable bonds is 1. The van der Waals surface area contributed by atoms with E-state index < -0.39 is 0 Å². The van der Waals surface area contributed by atoms with Gasteiger partial charge in [-0.2, -0.15) is 0 Å². The SMILES string of the molecule is COC(=O)[C@@H]1CC2=CC(=O)CC[C@]2(C)C2CC[C@@]3(C)C(C21)[C@H]1C[C@H]1[C@@]31CCC(=O)O1.